The molecule has 98 valence electrons. The van der Waals surface area contributed by atoms with Gasteiger partial charge in [-0.25, -0.2) is 0 Å². The van der Waals surface area contributed by atoms with E-state index in [4.69, 9.17) is 4.74 Å². The van der Waals surface area contributed by atoms with Crippen molar-refractivity contribution in [1.29, 1.82) is 0 Å². The summed E-state index contributed by atoms with van der Waals surface area (Å²) in [4.78, 5) is 10.8. The molecule has 0 unspecified atom stereocenters. The van der Waals surface area contributed by atoms with Crippen LogP contribution in [0.15, 0.2) is 29.4 Å². The van der Waals surface area contributed by atoms with Crippen LogP contribution < -0.4 is 0 Å². The maximum atomic E-state index is 10.8. The van der Waals surface area contributed by atoms with Crippen LogP contribution in [0.1, 0.15) is 23.8 Å². The lowest BCUT2D eigenvalue weighted by Crippen LogP contribution is -2.13. The van der Waals surface area contributed by atoms with Gasteiger partial charge in [-0.1, -0.05) is 23.5 Å². The van der Waals surface area contributed by atoms with E-state index >= 15 is 0 Å². The molecule has 1 aromatic carbocycles. The van der Waals surface area contributed by atoms with E-state index < -0.39 is 0 Å². The molecule has 3 rings (SSSR count). The van der Waals surface area contributed by atoms with Crippen molar-refractivity contribution in [3.05, 3.63) is 34.2 Å². The highest BCUT2D eigenvalue weighted by Crippen LogP contribution is 2.36. The quantitative estimate of drug-likeness (QED) is 0.804. The van der Waals surface area contributed by atoms with Crippen LogP contribution in [0, 0.1) is 4.91 Å². The number of nitrogens with zero attached hydrogens (tertiary/aromatic N) is 3. The Morgan fingerprint density at radius 1 is 1.21 bits per heavy atom. The smallest absolute Gasteiger partial charge is 0.150 e. The van der Waals surface area contributed by atoms with Crippen LogP contribution in [-0.4, -0.2) is 23.4 Å². The fourth-order valence-electron chi connectivity index (χ4n) is 2.19. The number of ether oxygens (including phenoxy) is 1. The van der Waals surface area contributed by atoms with Gasteiger partial charge in [0.05, 0.1) is 0 Å². The maximum absolute atomic E-state index is 10.8. The lowest BCUT2D eigenvalue weighted by Gasteiger charge is -2.18. The van der Waals surface area contributed by atoms with Gasteiger partial charge < -0.3 is 4.74 Å². The van der Waals surface area contributed by atoms with Crippen LogP contribution in [0.3, 0.4) is 0 Å². The Labute approximate surface area is 114 Å². The van der Waals surface area contributed by atoms with E-state index in [9.17, 15) is 4.91 Å². The molecule has 2 heterocycles. The Kier molecular flexibility index (Phi) is 3.61. The number of hydrogen-bond donors (Lipinski definition) is 0. The molecule has 0 bridgehead atoms. The minimum atomic E-state index is 0.414. The van der Waals surface area contributed by atoms with Crippen LogP contribution in [-0.2, 0) is 4.74 Å². The molecule has 1 fully saturated rings. The largest absolute Gasteiger partial charge is 0.381 e. The highest BCUT2D eigenvalue weighted by Gasteiger charge is 2.21. The Bertz CT molecular complexity index is 579. The maximum Gasteiger partial charge on any atom is 0.150 e. The van der Waals surface area contributed by atoms with Crippen LogP contribution >= 0.6 is 11.3 Å². The number of aromatic nitrogens is 2. The second-order valence-electron chi connectivity index (χ2n) is 4.44. The van der Waals surface area contributed by atoms with Gasteiger partial charge in [0.1, 0.15) is 15.7 Å². The summed E-state index contributed by atoms with van der Waals surface area (Å²) in [5.41, 5.74) is 1.17. The number of benzene rings is 1. The Morgan fingerprint density at radius 3 is 2.79 bits per heavy atom. The highest BCUT2D eigenvalue weighted by atomic mass is 32.1. The molecule has 1 aromatic heterocycles. The third-order valence-corrected chi connectivity index (χ3v) is 4.36. The molecule has 1 saturated heterocycles. The first-order chi connectivity index (χ1) is 9.38. The third-order valence-electron chi connectivity index (χ3n) is 3.24. The summed E-state index contributed by atoms with van der Waals surface area (Å²) in [6, 6.07) is 7.21. The summed E-state index contributed by atoms with van der Waals surface area (Å²) in [7, 11) is 0. The van der Waals surface area contributed by atoms with E-state index in [-0.39, 0.29) is 0 Å². The predicted molar refractivity (Wildman–Crippen MR) is 73.6 cm³/mol. The van der Waals surface area contributed by atoms with E-state index in [0.717, 1.165) is 41.6 Å². The van der Waals surface area contributed by atoms with Crippen molar-refractivity contribution in [3.8, 4) is 10.6 Å². The minimum Gasteiger partial charge on any atom is -0.381 e. The fourth-order valence-corrected chi connectivity index (χ4v) is 3.23. The van der Waals surface area contributed by atoms with E-state index in [0.29, 0.717) is 11.6 Å². The topological polar surface area (TPSA) is 64.4 Å². The van der Waals surface area contributed by atoms with E-state index in [2.05, 4.69) is 15.4 Å². The molecule has 0 radical (unpaired) electrons. The van der Waals surface area contributed by atoms with Gasteiger partial charge in [-0.3, -0.25) is 0 Å². The van der Waals surface area contributed by atoms with Gasteiger partial charge >= 0.3 is 0 Å². The Morgan fingerprint density at radius 2 is 2.00 bits per heavy atom. The molecule has 0 aliphatic carbocycles. The molecular formula is C13H13N3O2S. The first kappa shape index (κ1) is 12.4. The zero-order valence-electron chi connectivity index (χ0n) is 10.3. The average molecular weight is 275 g/mol. The second kappa shape index (κ2) is 5.54. The zero-order valence-corrected chi connectivity index (χ0v) is 11.1. The Balaban J connectivity index is 1.90. The van der Waals surface area contributed by atoms with Crippen molar-refractivity contribution in [2.24, 2.45) is 5.18 Å². The number of rotatable bonds is 3. The molecule has 2 aromatic rings. The van der Waals surface area contributed by atoms with E-state index in [1.807, 2.05) is 12.1 Å². The lowest BCUT2D eigenvalue weighted by molar-refractivity contribution is 0.0851. The summed E-state index contributed by atoms with van der Waals surface area (Å²) in [6.07, 6.45) is 1.98. The third kappa shape index (κ3) is 2.54. The van der Waals surface area contributed by atoms with Gasteiger partial charge in [0.15, 0.2) is 0 Å². The van der Waals surface area contributed by atoms with Gasteiger partial charge in [-0.15, -0.1) is 15.1 Å². The highest BCUT2D eigenvalue weighted by molar-refractivity contribution is 7.14. The molecule has 1 aliphatic heterocycles. The van der Waals surface area contributed by atoms with Gasteiger partial charge in [0.2, 0.25) is 0 Å². The summed E-state index contributed by atoms with van der Waals surface area (Å²) >= 11 is 1.55. The molecule has 0 N–H and O–H groups in total. The SMILES string of the molecule is O=Nc1ccccc1-c1nnc(C2CCOCC2)s1. The van der Waals surface area contributed by atoms with Crippen LogP contribution in [0.2, 0.25) is 0 Å². The first-order valence-electron chi connectivity index (χ1n) is 6.22. The molecule has 0 amide bonds. The van der Waals surface area contributed by atoms with E-state index in [1.165, 1.54) is 0 Å². The molecule has 1 aliphatic rings. The summed E-state index contributed by atoms with van der Waals surface area (Å²) in [5.74, 6) is 0.427. The zero-order chi connectivity index (χ0) is 13.1. The average Bonchev–Trinajstić information content (AvgIpc) is 2.98. The molecule has 0 atom stereocenters. The number of nitroso groups, excluding NO2 is 1. The molecule has 6 heteroatoms. The van der Waals surface area contributed by atoms with Gasteiger partial charge in [0.25, 0.3) is 0 Å². The van der Waals surface area contributed by atoms with Crippen LogP contribution in [0.25, 0.3) is 10.6 Å². The van der Waals surface area contributed by atoms with Crippen molar-refractivity contribution >= 4 is 17.0 Å². The van der Waals surface area contributed by atoms with Crippen LogP contribution in [0.5, 0.6) is 0 Å². The molecule has 0 saturated carbocycles. The summed E-state index contributed by atoms with van der Waals surface area (Å²) in [6.45, 7) is 1.57. The second-order valence-corrected chi connectivity index (χ2v) is 5.45. The van der Waals surface area contributed by atoms with Crippen molar-refractivity contribution in [2.45, 2.75) is 18.8 Å². The lowest BCUT2D eigenvalue weighted by atomic mass is 10.0. The first-order valence-corrected chi connectivity index (χ1v) is 7.04. The van der Waals surface area contributed by atoms with E-state index in [1.54, 1.807) is 23.5 Å². The normalized spacial score (nSPS) is 16.4. The fraction of sp³-hybridized carbons (Fsp3) is 0.385. The molecule has 0 spiro atoms. The van der Waals surface area contributed by atoms with Crippen molar-refractivity contribution in [2.75, 3.05) is 13.2 Å². The van der Waals surface area contributed by atoms with Crippen LogP contribution in [0.4, 0.5) is 5.69 Å². The van der Waals surface area contributed by atoms with Crippen molar-refractivity contribution < 1.29 is 4.74 Å². The molecular weight excluding hydrogens is 262 g/mol. The summed E-state index contributed by atoms with van der Waals surface area (Å²) < 4.78 is 5.35. The van der Waals surface area contributed by atoms with Crippen molar-refractivity contribution in [1.82, 2.24) is 10.2 Å². The monoisotopic (exact) mass is 275 g/mol. The van der Waals surface area contributed by atoms with Gasteiger partial charge in [-0.05, 0) is 30.2 Å². The standard InChI is InChI=1S/C13H13N3O2S/c17-16-11-4-2-1-3-10(11)13-15-14-12(19-13)9-5-7-18-8-6-9/h1-4,9H,5-8H2. The minimum absolute atomic E-state index is 0.414. The van der Waals surface area contributed by atoms with Gasteiger partial charge in [-0.2, -0.15) is 0 Å². The summed E-state index contributed by atoms with van der Waals surface area (Å²) in [5, 5.41) is 13.3. The molecule has 5 nitrogen and oxygen atoms in total. The van der Waals surface area contributed by atoms with Crippen molar-refractivity contribution in [3.63, 3.8) is 0 Å². The number of hydrogen-bond acceptors (Lipinski definition) is 6. The van der Waals surface area contributed by atoms with Gasteiger partial charge in [0, 0.05) is 24.7 Å². The predicted octanol–water partition coefficient (Wildman–Crippen LogP) is 3.50. The molecule has 19 heavy (non-hydrogen) atoms. The Hall–Kier alpha value is -1.66.